The second-order valence-electron chi connectivity index (χ2n) is 7.43. The van der Waals surface area contributed by atoms with E-state index in [0.29, 0.717) is 28.1 Å². The van der Waals surface area contributed by atoms with Crippen molar-refractivity contribution in [2.75, 3.05) is 6.61 Å². The third-order valence-corrected chi connectivity index (χ3v) is 6.92. The second kappa shape index (κ2) is 14.0. The second-order valence-corrected chi connectivity index (χ2v) is 9.95. The Balaban J connectivity index is 0.000000343. The number of aliphatic carboxylic acids is 1. The number of benzene rings is 2. The van der Waals surface area contributed by atoms with Crippen molar-refractivity contribution in [1.29, 1.82) is 0 Å². The van der Waals surface area contributed by atoms with Crippen LogP contribution < -0.4 is 0 Å². The number of carboxylic acids is 1. The van der Waals surface area contributed by atoms with E-state index in [-0.39, 0.29) is 11.9 Å². The molecule has 174 valence electrons. The number of carbonyl (C=O) groups excluding carboxylic acids is 1. The molecule has 0 spiro atoms. The van der Waals surface area contributed by atoms with Gasteiger partial charge in [0.2, 0.25) is 0 Å². The molecule has 2 rings (SSSR count). The number of hydrogen-bond acceptors (Lipinski definition) is 3. The smallest absolute Gasteiger partial charge is 0.313 e. The first-order valence-corrected chi connectivity index (χ1v) is 12.2. The highest BCUT2D eigenvalue weighted by molar-refractivity contribution is 9.10. The van der Waals surface area contributed by atoms with E-state index in [2.05, 4.69) is 45.7 Å². The van der Waals surface area contributed by atoms with Crippen LogP contribution in [0.1, 0.15) is 50.7 Å². The zero-order valence-electron chi connectivity index (χ0n) is 18.2. The summed E-state index contributed by atoms with van der Waals surface area (Å²) in [5.74, 6) is -1.48. The molecule has 0 saturated carbocycles. The van der Waals surface area contributed by atoms with Gasteiger partial charge >= 0.3 is 11.9 Å². The molecule has 0 saturated heterocycles. The van der Waals surface area contributed by atoms with Crippen LogP contribution in [0, 0.1) is 5.92 Å². The Morgan fingerprint density at radius 3 is 1.81 bits per heavy atom. The summed E-state index contributed by atoms with van der Waals surface area (Å²) in [6.45, 7) is 7.90. The fourth-order valence-corrected chi connectivity index (χ4v) is 3.30. The number of carboxylic acid groups (broad SMARTS) is 1. The monoisotopic (exact) mass is 606 g/mol. The van der Waals surface area contributed by atoms with Crippen molar-refractivity contribution in [2.45, 2.75) is 39.5 Å². The Morgan fingerprint density at radius 2 is 1.41 bits per heavy atom. The summed E-state index contributed by atoms with van der Waals surface area (Å²) in [6.07, 6.45) is 3.87. The Morgan fingerprint density at radius 1 is 0.938 bits per heavy atom. The average molecular weight is 609 g/mol. The number of halogens is 4. The average Bonchev–Trinajstić information content (AvgIpc) is 2.74. The van der Waals surface area contributed by atoms with Gasteiger partial charge in [-0.05, 0) is 87.0 Å². The van der Waals surface area contributed by atoms with Crippen molar-refractivity contribution < 1.29 is 19.4 Å². The van der Waals surface area contributed by atoms with Gasteiger partial charge < -0.3 is 9.84 Å². The van der Waals surface area contributed by atoms with Gasteiger partial charge in [-0.25, -0.2) is 0 Å². The minimum atomic E-state index is -0.849. The summed E-state index contributed by atoms with van der Waals surface area (Å²) in [7, 11) is 0. The molecule has 0 aliphatic carbocycles. The van der Waals surface area contributed by atoms with E-state index in [9.17, 15) is 9.59 Å². The molecule has 0 bridgehead atoms. The number of carbonyl (C=O) groups is 2. The molecule has 0 amide bonds. The van der Waals surface area contributed by atoms with Gasteiger partial charge in [0.1, 0.15) is 6.61 Å². The maximum Gasteiger partial charge on any atom is 0.313 e. The lowest BCUT2D eigenvalue weighted by Crippen LogP contribution is -2.13. The minimum Gasteiger partial charge on any atom is -0.481 e. The molecular weight excluding hydrogens is 583 g/mol. The van der Waals surface area contributed by atoms with Gasteiger partial charge in [0, 0.05) is 8.95 Å². The molecule has 0 aliphatic heterocycles. The van der Waals surface area contributed by atoms with Crippen molar-refractivity contribution in [1.82, 2.24) is 0 Å². The highest BCUT2D eigenvalue weighted by atomic mass is 79.9. The van der Waals surface area contributed by atoms with E-state index in [1.807, 2.05) is 31.2 Å². The fraction of sp³-hybridized carbons (Fsp3) is 0.333. The quantitative estimate of drug-likeness (QED) is 0.254. The summed E-state index contributed by atoms with van der Waals surface area (Å²) in [4.78, 5) is 22.5. The van der Waals surface area contributed by atoms with Crippen LogP contribution in [0.25, 0.3) is 0 Å². The van der Waals surface area contributed by atoms with Crippen molar-refractivity contribution in [3.63, 3.8) is 0 Å². The van der Waals surface area contributed by atoms with Crippen molar-refractivity contribution in [3.05, 3.63) is 78.7 Å². The first-order valence-electron chi connectivity index (χ1n) is 9.90. The Hall–Kier alpha value is -1.34. The molecule has 4 nitrogen and oxygen atoms in total. The van der Waals surface area contributed by atoms with Crippen LogP contribution >= 0.6 is 55.1 Å². The number of hydrogen-bond donors (Lipinski definition) is 1. The Labute approximate surface area is 216 Å². The number of rotatable bonds is 7. The first kappa shape index (κ1) is 28.7. The lowest BCUT2D eigenvalue weighted by Gasteiger charge is -2.11. The number of ether oxygens (including phenoxy) is 1. The molecule has 32 heavy (non-hydrogen) atoms. The third-order valence-electron chi connectivity index (χ3n) is 4.45. The molecular formula is C24H26Br2Cl2O4. The van der Waals surface area contributed by atoms with Crippen LogP contribution in [0.2, 0.25) is 10.0 Å². The van der Waals surface area contributed by atoms with E-state index >= 15 is 0 Å². The lowest BCUT2D eigenvalue weighted by molar-refractivity contribution is -0.143. The highest BCUT2D eigenvalue weighted by Crippen LogP contribution is 2.28. The van der Waals surface area contributed by atoms with E-state index in [0.717, 1.165) is 14.5 Å². The van der Waals surface area contributed by atoms with Crippen LogP contribution in [0.3, 0.4) is 0 Å². The molecule has 0 aromatic heterocycles. The molecule has 0 fully saturated rings. The molecule has 0 heterocycles. The van der Waals surface area contributed by atoms with Crippen LogP contribution in [0.5, 0.6) is 0 Å². The first-order chi connectivity index (χ1) is 14.9. The largest absolute Gasteiger partial charge is 0.481 e. The lowest BCUT2D eigenvalue weighted by atomic mass is 10.0. The van der Waals surface area contributed by atoms with Crippen LogP contribution in [-0.2, 0) is 14.3 Å². The summed E-state index contributed by atoms with van der Waals surface area (Å²) in [6, 6.07) is 10.6. The Kier molecular flexibility index (Phi) is 12.6. The summed E-state index contributed by atoms with van der Waals surface area (Å²) >= 11 is 18.4. The predicted molar refractivity (Wildman–Crippen MR) is 138 cm³/mol. The maximum atomic E-state index is 11.9. The van der Waals surface area contributed by atoms with E-state index in [4.69, 9.17) is 33.0 Å². The third kappa shape index (κ3) is 9.65. The van der Waals surface area contributed by atoms with Gasteiger partial charge in [-0.2, -0.15) is 0 Å². The van der Waals surface area contributed by atoms with Crippen molar-refractivity contribution >= 4 is 67.0 Å². The zero-order valence-corrected chi connectivity index (χ0v) is 22.9. The Bertz CT molecular complexity index is 961. The van der Waals surface area contributed by atoms with Gasteiger partial charge in [-0.3, -0.25) is 9.59 Å². The zero-order chi connectivity index (χ0) is 24.4. The topological polar surface area (TPSA) is 63.6 Å². The number of allylic oxidation sites excluding steroid dienone is 1. The molecule has 2 atom stereocenters. The molecule has 2 aromatic rings. The summed E-state index contributed by atoms with van der Waals surface area (Å²) in [5.41, 5.74) is 1.56. The molecule has 2 aromatic carbocycles. The van der Waals surface area contributed by atoms with Gasteiger partial charge in [-0.15, -0.1) is 0 Å². The van der Waals surface area contributed by atoms with Crippen LogP contribution in [0.15, 0.2) is 57.5 Å². The highest BCUT2D eigenvalue weighted by Gasteiger charge is 2.17. The van der Waals surface area contributed by atoms with Crippen molar-refractivity contribution in [2.24, 2.45) is 5.92 Å². The standard InChI is InChI=1S/C15H18BrClO2.C9H8BrClO2/c1-10(2)5-4-8-19-15(18)11(3)12-6-7-13(16)14(17)9-12;1-5(9(12)13)6-2-3-7(10)8(11)4-6/h4-7,9-11H,8H2,1-3H3;2-5H,1H3,(H,12,13)/b5-4+;. The molecule has 2 unspecified atom stereocenters. The van der Waals surface area contributed by atoms with E-state index in [1.165, 1.54) is 0 Å². The van der Waals surface area contributed by atoms with E-state index < -0.39 is 11.9 Å². The van der Waals surface area contributed by atoms with Gasteiger partial charge in [0.25, 0.3) is 0 Å². The molecule has 8 heteroatoms. The minimum absolute atomic E-state index is 0.244. The predicted octanol–water partition coefficient (Wildman–Crippen LogP) is 8.25. The van der Waals surface area contributed by atoms with Gasteiger partial charge in [-0.1, -0.05) is 61.3 Å². The van der Waals surface area contributed by atoms with Crippen molar-refractivity contribution in [3.8, 4) is 0 Å². The maximum absolute atomic E-state index is 11.9. The summed E-state index contributed by atoms with van der Waals surface area (Å²) in [5, 5.41) is 9.87. The molecule has 0 aliphatic rings. The molecule has 1 N–H and O–H groups in total. The number of esters is 1. The van der Waals surface area contributed by atoms with Crippen LogP contribution in [-0.4, -0.2) is 23.7 Å². The molecule has 0 radical (unpaired) electrons. The van der Waals surface area contributed by atoms with Crippen LogP contribution in [0.4, 0.5) is 0 Å². The fourth-order valence-electron chi connectivity index (χ4n) is 2.43. The van der Waals surface area contributed by atoms with Gasteiger partial charge in [0.15, 0.2) is 0 Å². The summed E-state index contributed by atoms with van der Waals surface area (Å²) < 4.78 is 6.79. The van der Waals surface area contributed by atoms with Gasteiger partial charge in [0.05, 0.1) is 21.9 Å². The normalized spacial score (nSPS) is 12.8. The van der Waals surface area contributed by atoms with E-state index in [1.54, 1.807) is 31.2 Å². The SMILES string of the molecule is CC(C(=O)O)c1ccc(Br)c(Cl)c1.CC(C)/C=C/COC(=O)C(C)c1ccc(Br)c(Cl)c1.